The predicted octanol–water partition coefficient (Wildman–Crippen LogP) is 1.55. The number of rotatable bonds is 2. The van der Waals surface area contributed by atoms with E-state index in [1.165, 1.54) is 23.9 Å². The molecule has 0 aliphatic carbocycles. The SMILES string of the molecule is Cn1c(=O)ccn(-c2ccc(N=S)cc2Cl)c1=O. The number of nitrogens with zero attached hydrogens (tertiary/aromatic N) is 3. The third-order valence-electron chi connectivity index (χ3n) is 2.49. The maximum atomic E-state index is 11.9. The monoisotopic (exact) mass is 281 g/mol. The minimum Gasteiger partial charge on any atom is -0.269 e. The first-order valence-electron chi connectivity index (χ1n) is 4.96. The van der Waals surface area contributed by atoms with Crippen LogP contribution in [0.3, 0.4) is 0 Å². The van der Waals surface area contributed by atoms with Gasteiger partial charge in [0.05, 0.1) is 16.4 Å². The number of halogens is 1. The summed E-state index contributed by atoms with van der Waals surface area (Å²) in [5, 5.41) is 0.335. The van der Waals surface area contributed by atoms with Crippen LogP contribution in [0.5, 0.6) is 0 Å². The lowest BCUT2D eigenvalue weighted by atomic mass is 10.3. The Balaban J connectivity index is 2.70. The summed E-state index contributed by atoms with van der Waals surface area (Å²) >= 11 is 10.6. The van der Waals surface area contributed by atoms with Gasteiger partial charge < -0.3 is 0 Å². The Morgan fingerprint density at radius 1 is 1.28 bits per heavy atom. The number of aromatic nitrogens is 2. The van der Waals surface area contributed by atoms with Crippen molar-refractivity contribution >= 4 is 29.7 Å². The van der Waals surface area contributed by atoms with E-state index < -0.39 is 5.69 Å². The van der Waals surface area contributed by atoms with Crippen LogP contribution in [0.2, 0.25) is 5.02 Å². The van der Waals surface area contributed by atoms with Crippen molar-refractivity contribution in [3.05, 3.63) is 56.3 Å². The highest BCUT2D eigenvalue weighted by Crippen LogP contribution is 2.24. The molecule has 0 N–H and O–H groups in total. The Morgan fingerprint density at radius 2 is 2.00 bits per heavy atom. The Hall–Kier alpha value is -1.79. The first-order valence-corrected chi connectivity index (χ1v) is 5.71. The lowest BCUT2D eigenvalue weighted by molar-refractivity contribution is 0.728. The van der Waals surface area contributed by atoms with Gasteiger partial charge in [0.2, 0.25) is 0 Å². The van der Waals surface area contributed by atoms with Crippen molar-refractivity contribution in [3.63, 3.8) is 0 Å². The Kier molecular flexibility index (Phi) is 3.40. The van der Waals surface area contributed by atoms with Gasteiger partial charge >= 0.3 is 5.69 Å². The van der Waals surface area contributed by atoms with Gasteiger partial charge in [-0.3, -0.25) is 13.9 Å². The molecule has 1 aromatic heterocycles. The summed E-state index contributed by atoms with van der Waals surface area (Å²) in [5.41, 5.74) is 0.174. The van der Waals surface area contributed by atoms with Crippen LogP contribution in [0.1, 0.15) is 0 Å². The molecule has 0 fully saturated rings. The Morgan fingerprint density at radius 3 is 2.61 bits per heavy atom. The second-order valence-corrected chi connectivity index (χ2v) is 4.18. The van der Waals surface area contributed by atoms with E-state index in [2.05, 4.69) is 16.8 Å². The van der Waals surface area contributed by atoms with Gasteiger partial charge in [-0.25, -0.2) is 4.79 Å². The molecule has 0 unspecified atom stereocenters. The fraction of sp³-hybridized carbons (Fsp3) is 0.0909. The lowest BCUT2D eigenvalue weighted by Gasteiger charge is -2.08. The third kappa shape index (κ3) is 2.12. The molecule has 0 amide bonds. The summed E-state index contributed by atoms with van der Waals surface area (Å²) < 4.78 is 5.87. The summed E-state index contributed by atoms with van der Waals surface area (Å²) in [7, 11) is 1.40. The highest BCUT2D eigenvalue weighted by molar-refractivity contribution is 7.47. The minimum absolute atomic E-state index is 0.335. The van der Waals surface area contributed by atoms with Crippen molar-refractivity contribution in [2.75, 3.05) is 0 Å². The molecule has 18 heavy (non-hydrogen) atoms. The molecule has 0 atom stereocenters. The van der Waals surface area contributed by atoms with Gasteiger partial charge in [0, 0.05) is 31.7 Å². The maximum absolute atomic E-state index is 11.9. The molecule has 2 rings (SSSR count). The highest BCUT2D eigenvalue weighted by atomic mass is 35.5. The second-order valence-electron chi connectivity index (χ2n) is 3.59. The Labute approximate surface area is 112 Å². The molecule has 0 spiro atoms. The van der Waals surface area contributed by atoms with Crippen molar-refractivity contribution in [2.45, 2.75) is 0 Å². The molecule has 7 heteroatoms. The van der Waals surface area contributed by atoms with E-state index in [-0.39, 0.29) is 5.56 Å². The van der Waals surface area contributed by atoms with E-state index >= 15 is 0 Å². The van der Waals surface area contributed by atoms with Crippen LogP contribution in [0.25, 0.3) is 5.69 Å². The standard InChI is InChI=1S/C11H8ClN3O2S/c1-14-10(16)4-5-15(11(14)17)9-3-2-7(13-18)6-8(9)12/h2-6H,1H3. The number of benzene rings is 1. The van der Waals surface area contributed by atoms with E-state index in [1.807, 2.05) is 0 Å². The van der Waals surface area contributed by atoms with E-state index in [4.69, 9.17) is 11.6 Å². The molecule has 92 valence electrons. The molecule has 0 bridgehead atoms. The molecule has 1 aromatic carbocycles. The smallest absolute Gasteiger partial charge is 0.269 e. The van der Waals surface area contributed by atoms with Crippen molar-refractivity contribution in [2.24, 2.45) is 11.4 Å². The highest BCUT2D eigenvalue weighted by Gasteiger charge is 2.08. The number of hydrogen-bond donors (Lipinski definition) is 0. The maximum Gasteiger partial charge on any atom is 0.335 e. The first kappa shape index (κ1) is 12.7. The summed E-state index contributed by atoms with van der Waals surface area (Å²) in [4.78, 5) is 23.2. The number of hydrogen-bond acceptors (Lipinski definition) is 4. The summed E-state index contributed by atoms with van der Waals surface area (Å²) in [6, 6.07) is 6.12. The van der Waals surface area contributed by atoms with Crippen molar-refractivity contribution in [1.82, 2.24) is 9.13 Å². The first-order chi connectivity index (χ1) is 8.54. The van der Waals surface area contributed by atoms with E-state index in [1.54, 1.807) is 18.2 Å². The summed E-state index contributed by atoms with van der Waals surface area (Å²) in [6.45, 7) is 0. The fourth-order valence-corrected chi connectivity index (χ4v) is 1.88. The molecule has 1 heterocycles. The van der Waals surface area contributed by atoms with Crippen LogP contribution in [-0.2, 0) is 19.5 Å². The van der Waals surface area contributed by atoms with Gasteiger partial charge in [0.1, 0.15) is 0 Å². The van der Waals surface area contributed by atoms with Crippen LogP contribution in [0.15, 0.2) is 44.4 Å². The van der Waals surface area contributed by atoms with Gasteiger partial charge in [0.25, 0.3) is 5.56 Å². The van der Waals surface area contributed by atoms with Crippen LogP contribution in [0, 0.1) is 0 Å². The largest absolute Gasteiger partial charge is 0.335 e. The lowest BCUT2D eigenvalue weighted by Crippen LogP contribution is -2.36. The quantitative estimate of drug-likeness (QED) is 0.839. The van der Waals surface area contributed by atoms with Crippen molar-refractivity contribution in [1.29, 1.82) is 0 Å². The van der Waals surface area contributed by atoms with Crippen LogP contribution in [0.4, 0.5) is 5.69 Å². The molecule has 0 radical (unpaired) electrons. The third-order valence-corrected chi connectivity index (χ3v) is 3.00. The second kappa shape index (κ2) is 4.83. The molecular weight excluding hydrogens is 274 g/mol. The van der Waals surface area contributed by atoms with E-state index in [9.17, 15) is 9.59 Å². The molecule has 2 aromatic rings. The van der Waals surface area contributed by atoms with Gasteiger partial charge in [-0.15, -0.1) is 0 Å². The zero-order chi connectivity index (χ0) is 13.3. The van der Waals surface area contributed by atoms with E-state index in [0.29, 0.717) is 16.4 Å². The summed E-state index contributed by atoms with van der Waals surface area (Å²) in [6.07, 6.45) is 1.39. The van der Waals surface area contributed by atoms with Crippen molar-refractivity contribution in [3.8, 4) is 5.69 Å². The van der Waals surface area contributed by atoms with Gasteiger partial charge in [0.15, 0.2) is 0 Å². The average Bonchev–Trinajstić information content (AvgIpc) is 2.37. The molecule has 0 aliphatic rings. The normalized spacial score (nSPS) is 10.3. The average molecular weight is 282 g/mol. The fourth-order valence-electron chi connectivity index (χ4n) is 1.50. The van der Waals surface area contributed by atoms with Gasteiger partial charge in [-0.2, -0.15) is 4.36 Å². The topological polar surface area (TPSA) is 56.4 Å². The molecular formula is C11H8ClN3O2S. The van der Waals surface area contributed by atoms with Crippen LogP contribution >= 0.6 is 11.6 Å². The van der Waals surface area contributed by atoms with Gasteiger partial charge in [-0.05, 0) is 18.2 Å². The Bertz CT molecular complexity index is 736. The van der Waals surface area contributed by atoms with Crippen LogP contribution in [-0.4, -0.2) is 9.13 Å². The molecule has 0 aliphatic heterocycles. The van der Waals surface area contributed by atoms with E-state index in [0.717, 1.165) is 4.57 Å². The molecule has 0 saturated heterocycles. The van der Waals surface area contributed by atoms with Crippen molar-refractivity contribution < 1.29 is 0 Å². The molecule has 5 nitrogen and oxygen atoms in total. The minimum atomic E-state index is -0.465. The zero-order valence-corrected chi connectivity index (χ0v) is 10.9. The zero-order valence-electron chi connectivity index (χ0n) is 9.33. The van der Waals surface area contributed by atoms with Crippen LogP contribution < -0.4 is 11.2 Å². The summed E-state index contributed by atoms with van der Waals surface area (Å²) in [5.74, 6) is 0. The van der Waals surface area contributed by atoms with Gasteiger partial charge in [-0.1, -0.05) is 11.6 Å². The predicted molar refractivity (Wildman–Crippen MR) is 71.7 cm³/mol. The molecule has 0 saturated carbocycles.